The van der Waals surface area contributed by atoms with Crippen LogP contribution in [0.5, 0.6) is 0 Å². The van der Waals surface area contributed by atoms with Gasteiger partial charge in [-0.25, -0.2) is 4.39 Å². The molecule has 0 unspecified atom stereocenters. The van der Waals surface area contributed by atoms with Gasteiger partial charge in [-0.3, -0.25) is 14.4 Å². The summed E-state index contributed by atoms with van der Waals surface area (Å²) in [5.74, 6) is -0.892. The van der Waals surface area contributed by atoms with E-state index >= 15 is 0 Å². The second-order valence-corrected chi connectivity index (χ2v) is 8.75. The summed E-state index contributed by atoms with van der Waals surface area (Å²) in [7, 11) is 0. The van der Waals surface area contributed by atoms with E-state index in [1.165, 1.54) is 23.3 Å². The predicted molar refractivity (Wildman–Crippen MR) is 132 cm³/mol. The molecule has 1 fully saturated rings. The predicted octanol–water partition coefficient (Wildman–Crippen LogP) is 4.61. The Morgan fingerprint density at radius 3 is 2.42 bits per heavy atom. The van der Waals surface area contributed by atoms with E-state index in [0.717, 1.165) is 5.56 Å². The monoisotopic (exact) mass is 492 g/mol. The molecule has 1 aromatic heterocycles. The molecule has 1 aliphatic rings. The van der Waals surface area contributed by atoms with E-state index in [0.29, 0.717) is 43.8 Å². The van der Waals surface area contributed by atoms with Gasteiger partial charge in [-0.2, -0.15) is 0 Å². The number of hydrogen-bond acceptors (Lipinski definition) is 5. The number of carbonyl (C=O) groups is 3. The third kappa shape index (κ3) is 6.19. The lowest BCUT2D eigenvalue weighted by Gasteiger charge is -2.31. The molecular weight excluding hydrogens is 463 g/mol. The van der Waals surface area contributed by atoms with Gasteiger partial charge >= 0.3 is 5.97 Å². The Hall–Kier alpha value is -3.94. The van der Waals surface area contributed by atoms with E-state index in [-0.39, 0.29) is 48.2 Å². The molecule has 4 rings (SSSR count). The average Bonchev–Trinajstić information content (AvgIpc) is 3.43. The summed E-state index contributed by atoms with van der Waals surface area (Å²) in [5, 5.41) is 0. The van der Waals surface area contributed by atoms with Crippen LogP contribution in [0.15, 0.2) is 71.3 Å². The number of hydrogen-bond donors (Lipinski definition) is 0. The van der Waals surface area contributed by atoms with Crippen LogP contribution < -0.4 is 4.90 Å². The van der Waals surface area contributed by atoms with Crippen molar-refractivity contribution in [2.24, 2.45) is 5.92 Å². The minimum atomic E-state index is -0.377. The molecular formula is C28H29FN2O5. The zero-order chi connectivity index (χ0) is 25.5. The Kier molecular flexibility index (Phi) is 8.15. The molecule has 0 spiro atoms. The van der Waals surface area contributed by atoms with Crippen molar-refractivity contribution < 1.29 is 27.9 Å². The van der Waals surface area contributed by atoms with Gasteiger partial charge in [0.15, 0.2) is 5.76 Å². The van der Waals surface area contributed by atoms with Crippen molar-refractivity contribution in [3.05, 3.63) is 89.6 Å². The molecule has 2 heterocycles. The topological polar surface area (TPSA) is 80.1 Å². The zero-order valence-corrected chi connectivity index (χ0v) is 20.2. The van der Waals surface area contributed by atoms with Gasteiger partial charge in [-0.15, -0.1) is 0 Å². The number of benzene rings is 2. The Balaban J connectivity index is 1.42. The van der Waals surface area contributed by atoms with Gasteiger partial charge in [0.25, 0.3) is 5.91 Å². The number of likely N-dealkylation sites (tertiary alicyclic amines) is 1. The Bertz CT molecular complexity index is 1180. The van der Waals surface area contributed by atoms with Gasteiger partial charge in [-0.05, 0) is 67.3 Å². The summed E-state index contributed by atoms with van der Waals surface area (Å²) in [6.07, 6.45) is 2.86. The number of amides is 2. The first-order valence-electron chi connectivity index (χ1n) is 12.1. The third-order valence-corrected chi connectivity index (χ3v) is 6.28. The molecule has 2 amide bonds. The van der Waals surface area contributed by atoms with Crippen LogP contribution in [0.1, 0.15) is 41.4 Å². The summed E-state index contributed by atoms with van der Waals surface area (Å²) < 4.78 is 24.1. The standard InChI is InChI=1S/C28H29FN2O5/c1-2-35-28(34)22-12-14-30(15-13-22)26(32)18-20-8-10-24(11-9-20)31(27(33)25-7-4-16-36-25)19-21-5-3-6-23(29)17-21/h3-11,16-17,22H,2,12-15,18-19H2,1H3. The average molecular weight is 493 g/mol. The largest absolute Gasteiger partial charge is 0.466 e. The minimum Gasteiger partial charge on any atom is -0.466 e. The highest BCUT2D eigenvalue weighted by molar-refractivity contribution is 6.04. The number of rotatable bonds is 8. The molecule has 2 aromatic carbocycles. The van der Waals surface area contributed by atoms with Crippen LogP contribution in [-0.4, -0.2) is 42.4 Å². The smallest absolute Gasteiger partial charge is 0.309 e. The molecule has 0 radical (unpaired) electrons. The number of esters is 1. The van der Waals surface area contributed by atoms with Gasteiger partial charge in [-0.1, -0.05) is 24.3 Å². The van der Waals surface area contributed by atoms with Crippen molar-refractivity contribution in [3.8, 4) is 0 Å². The molecule has 3 aromatic rings. The van der Waals surface area contributed by atoms with E-state index in [2.05, 4.69) is 0 Å². The maximum atomic E-state index is 13.7. The zero-order valence-electron chi connectivity index (χ0n) is 20.2. The second kappa shape index (κ2) is 11.7. The number of piperidine rings is 1. The molecule has 1 aliphatic heterocycles. The number of anilines is 1. The summed E-state index contributed by atoms with van der Waals surface area (Å²) in [5.41, 5.74) is 2.06. The number of ether oxygens (including phenoxy) is 1. The van der Waals surface area contributed by atoms with Crippen molar-refractivity contribution in [2.45, 2.75) is 32.7 Å². The first-order chi connectivity index (χ1) is 17.4. The molecule has 0 saturated carbocycles. The number of furan rings is 1. The van der Waals surface area contributed by atoms with Crippen molar-refractivity contribution in [2.75, 3.05) is 24.6 Å². The molecule has 0 atom stereocenters. The molecule has 36 heavy (non-hydrogen) atoms. The van der Waals surface area contributed by atoms with Crippen LogP contribution in [0, 0.1) is 11.7 Å². The van der Waals surface area contributed by atoms with Gasteiger partial charge in [0.2, 0.25) is 5.91 Å². The van der Waals surface area contributed by atoms with Gasteiger partial charge < -0.3 is 19.0 Å². The van der Waals surface area contributed by atoms with Crippen molar-refractivity contribution >= 4 is 23.5 Å². The molecule has 7 nitrogen and oxygen atoms in total. The van der Waals surface area contributed by atoms with Crippen LogP contribution in [0.2, 0.25) is 0 Å². The molecule has 188 valence electrons. The van der Waals surface area contributed by atoms with E-state index in [1.807, 2.05) is 12.1 Å². The number of halogens is 1. The van der Waals surface area contributed by atoms with Crippen molar-refractivity contribution in [1.29, 1.82) is 0 Å². The highest BCUT2D eigenvalue weighted by Gasteiger charge is 2.28. The molecule has 0 bridgehead atoms. The maximum Gasteiger partial charge on any atom is 0.309 e. The second-order valence-electron chi connectivity index (χ2n) is 8.75. The quantitative estimate of drug-likeness (QED) is 0.429. The molecule has 8 heteroatoms. The Labute approximate surface area is 209 Å². The lowest BCUT2D eigenvalue weighted by molar-refractivity contribution is -0.151. The maximum absolute atomic E-state index is 13.7. The van der Waals surface area contributed by atoms with E-state index in [4.69, 9.17) is 9.15 Å². The van der Waals surface area contributed by atoms with Crippen LogP contribution >= 0.6 is 0 Å². The van der Waals surface area contributed by atoms with E-state index in [9.17, 15) is 18.8 Å². The number of nitrogens with zero attached hydrogens (tertiary/aromatic N) is 2. The van der Waals surface area contributed by atoms with E-state index < -0.39 is 0 Å². The lowest BCUT2D eigenvalue weighted by atomic mass is 9.96. The minimum absolute atomic E-state index is 0.00617. The van der Waals surface area contributed by atoms with Crippen molar-refractivity contribution in [1.82, 2.24) is 4.90 Å². The summed E-state index contributed by atoms with van der Waals surface area (Å²) in [6.45, 7) is 3.36. The fraction of sp³-hybridized carbons (Fsp3) is 0.321. The highest BCUT2D eigenvalue weighted by Crippen LogP contribution is 2.23. The molecule has 0 N–H and O–H groups in total. The van der Waals surface area contributed by atoms with E-state index in [1.54, 1.807) is 48.2 Å². The summed E-state index contributed by atoms with van der Waals surface area (Å²) in [4.78, 5) is 41.2. The highest BCUT2D eigenvalue weighted by atomic mass is 19.1. The Morgan fingerprint density at radius 2 is 1.78 bits per heavy atom. The third-order valence-electron chi connectivity index (χ3n) is 6.28. The normalized spacial score (nSPS) is 13.9. The van der Waals surface area contributed by atoms with Gasteiger partial charge in [0, 0.05) is 18.8 Å². The lowest BCUT2D eigenvalue weighted by Crippen LogP contribution is -2.41. The van der Waals surface area contributed by atoms with Crippen molar-refractivity contribution in [3.63, 3.8) is 0 Å². The number of carbonyl (C=O) groups excluding carboxylic acids is 3. The Morgan fingerprint density at radius 1 is 1.03 bits per heavy atom. The molecule has 0 aliphatic carbocycles. The van der Waals surface area contributed by atoms with Crippen LogP contribution in [0.3, 0.4) is 0 Å². The fourth-order valence-corrected chi connectivity index (χ4v) is 4.34. The first-order valence-corrected chi connectivity index (χ1v) is 12.1. The van der Waals surface area contributed by atoms with Crippen LogP contribution in [0.4, 0.5) is 10.1 Å². The summed E-state index contributed by atoms with van der Waals surface area (Å²) >= 11 is 0. The van der Waals surface area contributed by atoms with Gasteiger partial charge in [0.1, 0.15) is 5.82 Å². The van der Waals surface area contributed by atoms with Crippen LogP contribution in [-0.2, 0) is 27.3 Å². The van der Waals surface area contributed by atoms with Crippen LogP contribution in [0.25, 0.3) is 0 Å². The molecule has 1 saturated heterocycles. The summed E-state index contributed by atoms with van der Waals surface area (Å²) in [6, 6.07) is 16.5. The first kappa shape index (κ1) is 25.2. The fourth-order valence-electron chi connectivity index (χ4n) is 4.34. The van der Waals surface area contributed by atoms with Gasteiger partial charge in [0.05, 0.1) is 31.8 Å². The SMILES string of the molecule is CCOC(=O)C1CCN(C(=O)Cc2ccc(N(Cc3cccc(F)c3)C(=O)c3ccco3)cc2)CC1.